The first-order valence-corrected chi connectivity index (χ1v) is 7.73. The number of phenols is 1. The van der Waals surface area contributed by atoms with Crippen LogP contribution in [0.3, 0.4) is 0 Å². The molecular formula is C17H26N2O3. The van der Waals surface area contributed by atoms with Crippen LogP contribution in [0, 0.1) is 5.41 Å². The zero-order valence-electron chi connectivity index (χ0n) is 13.8. The number of benzene rings is 1. The van der Waals surface area contributed by atoms with Crippen molar-refractivity contribution in [3.63, 3.8) is 0 Å². The van der Waals surface area contributed by atoms with E-state index in [9.17, 15) is 9.90 Å². The van der Waals surface area contributed by atoms with Crippen molar-refractivity contribution in [3.05, 3.63) is 29.8 Å². The molecule has 5 nitrogen and oxygen atoms in total. The van der Waals surface area contributed by atoms with Crippen LogP contribution < -0.4 is 5.32 Å². The first kappa shape index (κ1) is 16.6. The van der Waals surface area contributed by atoms with Crippen LogP contribution in [0.25, 0.3) is 0 Å². The Hall–Kier alpha value is -1.75. The Morgan fingerprint density at radius 2 is 2.18 bits per heavy atom. The fourth-order valence-corrected chi connectivity index (χ4v) is 2.25. The summed E-state index contributed by atoms with van der Waals surface area (Å²) in [5.41, 5.74) is 0.911. The second-order valence-corrected chi connectivity index (χ2v) is 6.94. The molecule has 0 aromatic heterocycles. The molecule has 1 aliphatic rings. The molecule has 2 rings (SSSR count). The number of carbonyl (C=O) groups is 1. The van der Waals surface area contributed by atoms with Gasteiger partial charge >= 0.3 is 6.03 Å². The number of rotatable bonds is 2. The van der Waals surface area contributed by atoms with Crippen molar-refractivity contribution in [2.24, 2.45) is 5.41 Å². The van der Waals surface area contributed by atoms with E-state index in [-0.39, 0.29) is 29.3 Å². The van der Waals surface area contributed by atoms with Crippen LogP contribution in [0.15, 0.2) is 24.3 Å². The molecule has 0 bridgehead atoms. The van der Waals surface area contributed by atoms with Crippen molar-refractivity contribution in [1.29, 1.82) is 0 Å². The van der Waals surface area contributed by atoms with Crippen molar-refractivity contribution < 1.29 is 14.6 Å². The molecule has 1 heterocycles. The molecule has 2 atom stereocenters. The lowest BCUT2D eigenvalue weighted by atomic mass is 9.88. The highest BCUT2D eigenvalue weighted by molar-refractivity contribution is 5.74. The number of morpholine rings is 1. The largest absolute Gasteiger partial charge is 0.508 e. The molecule has 1 aromatic carbocycles. The molecule has 122 valence electrons. The quantitative estimate of drug-likeness (QED) is 0.883. The zero-order valence-corrected chi connectivity index (χ0v) is 13.8. The summed E-state index contributed by atoms with van der Waals surface area (Å²) in [6, 6.07) is 7.03. The summed E-state index contributed by atoms with van der Waals surface area (Å²) in [5, 5.41) is 12.6. The minimum absolute atomic E-state index is 0.0204. The predicted molar refractivity (Wildman–Crippen MR) is 85.8 cm³/mol. The Bertz CT molecular complexity index is 525. The molecule has 2 amide bonds. The minimum Gasteiger partial charge on any atom is -0.508 e. The van der Waals surface area contributed by atoms with E-state index in [1.807, 2.05) is 13.0 Å². The maximum absolute atomic E-state index is 12.4. The Balaban J connectivity index is 2.00. The second-order valence-electron chi connectivity index (χ2n) is 6.94. The lowest BCUT2D eigenvalue weighted by molar-refractivity contribution is -0.0162. The number of hydrogen-bond acceptors (Lipinski definition) is 3. The average molecular weight is 306 g/mol. The topological polar surface area (TPSA) is 61.8 Å². The van der Waals surface area contributed by atoms with Gasteiger partial charge in [-0.05, 0) is 30.0 Å². The summed E-state index contributed by atoms with van der Waals surface area (Å²) in [4.78, 5) is 14.2. The van der Waals surface area contributed by atoms with E-state index in [0.29, 0.717) is 19.7 Å². The lowest BCUT2D eigenvalue weighted by Gasteiger charge is -2.36. The highest BCUT2D eigenvalue weighted by Gasteiger charge is 2.28. The van der Waals surface area contributed by atoms with Gasteiger partial charge in [-0.3, -0.25) is 0 Å². The SMILES string of the molecule is C[C@@H](NC(=O)N1CCO[C@H](c2cccc(O)c2)C1)C(C)(C)C. The molecule has 22 heavy (non-hydrogen) atoms. The number of nitrogens with one attached hydrogen (secondary N) is 1. The van der Waals surface area contributed by atoms with Gasteiger partial charge in [0.25, 0.3) is 0 Å². The molecule has 5 heteroatoms. The van der Waals surface area contributed by atoms with Gasteiger partial charge < -0.3 is 20.1 Å². The fourth-order valence-electron chi connectivity index (χ4n) is 2.25. The van der Waals surface area contributed by atoms with Crippen LogP contribution in [0.5, 0.6) is 5.75 Å². The number of carbonyl (C=O) groups excluding carboxylic acids is 1. The Labute approximate surface area is 132 Å². The number of aromatic hydroxyl groups is 1. The zero-order chi connectivity index (χ0) is 16.3. The summed E-state index contributed by atoms with van der Waals surface area (Å²) in [6.45, 7) is 9.90. The Kier molecular flexibility index (Phi) is 4.96. The molecule has 1 fully saturated rings. The highest BCUT2D eigenvalue weighted by Crippen LogP contribution is 2.25. The summed E-state index contributed by atoms with van der Waals surface area (Å²) < 4.78 is 5.74. The van der Waals surface area contributed by atoms with E-state index in [1.54, 1.807) is 23.1 Å². The normalized spacial score (nSPS) is 20.5. The van der Waals surface area contributed by atoms with Crippen LogP contribution in [-0.2, 0) is 4.74 Å². The van der Waals surface area contributed by atoms with E-state index in [0.717, 1.165) is 5.56 Å². The van der Waals surface area contributed by atoms with Crippen LogP contribution in [-0.4, -0.2) is 41.8 Å². The van der Waals surface area contributed by atoms with Gasteiger partial charge in [0.15, 0.2) is 0 Å². The molecule has 0 spiro atoms. The number of urea groups is 1. The van der Waals surface area contributed by atoms with Crippen molar-refractivity contribution in [2.75, 3.05) is 19.7 Å². The van der Waals surface area contributed by atoms with Gasteiger partial charge in [-0.2, -0.15) is 0 Å². The first-order valence-electron chi connectivity index (χ1n) is 7.73. The van der Waals surface area contributed by atoms with Crippen molar-refractivity contribution in [3.8, 4) is 5.75 Å². The van der Waals surface area contributed by atoms with Gasteiger partial charge in [-0.25, -0.2) is 4.79 Å². The third-order valence-electron chi connectivity index (χ3n) is 4.23. The van der Waals surface area contributed by atoms with Crippen molar-refractivity contribution in [2.45, 2.75) is 39.8 Å². The van der Waals surface area contributed by atoms with E-state index >= 15 is 0 Å². The molecule has 1 aromatic rings. The number of hydrogen-bond donors (Lipinski definition) is 2. The summed E-state index contributed by atoms with van der Waals surface area (Å²) in [6.07, 6.45) is -0.198. The van der Waals surface area contributed by atoms with Gasteiger partial charge in [0.1, 0.15) is 11.9 Å². The Morgan fingerprint density at radius 3 is 2.82 bits per heavy atom. The summed E-state index contributed by atoms with van der Waals surface area (Å²) in [7, 11) is 0. The van der Waals surface area contributed by atoms with E-state index < -0.39 is 0 Å². The van der Waals surface area contributed by atoms with Crippen molar-refractivity contribution in [1.82, 2.24) is 10.2 Å². The minimum atomic E-state index is -0.198. The maximum atomic E-state index is 12.4. The molecule has 1 aliphatic heterocycles. The molecule has 0 radical (unpaired) electrons. The van der Waals surface area contributed by atoms with Gasteiger partial charge in [0.05, 0.1) is 13.2 Å². The predicted octanol–water partition coefficient (Wildman–Crippen LogP) is 2.91. The third-order valence-corrected chi connectivity index (χ3v) is 4.23. The monoisotopic (exact) mass is 306 g/mol. The van der Waals surface area contributed by atoms with E-state index in [4.69, 9.17) is 4.74 Å². The fraction of sp³-hybridized carbons (Fsp3) is 0.588. The van der Waals surface area contributed by atoms with Crippen LogP contribution in [0.1, 0.15) is 39.4 Å². The van der Waals surface area contributed by atoms with E-state index in [1.165, 1.54) is 0 Å². The molecule has 0 aliphatic carbocycles. The van der Waals surface area contributed by atoms with Crippen LogP contribution in [0.2, 0.25) is 0 Å². The molecule has 2 N–H and O–H groups in total. The van der Waals surface area contributed by atoms with Gasteiger partial charge in [0.2, 0.25) is 0 Å². The molecular weight excluding hydrogens is 280 g/mol. The smallest absolute Gasteiger partial charge is 0.317 e. The number of amides is 2. The lowest BCUT2D eigenvalue weighted by Crippen LogP contribution is -2.51. The third kappa shape index (κ3) is 4.13. The van der Waals surface area contributed by atoms with E-state index in [2.05, 4.69) is 26.1 Å². The van der Waals surface area contributed by atoms with Crippen molar-refractivity contribution >= 4 is 6.03 Å². The average Bonchev–Trinajstić information content (AvgIpc) is 2.46. The maximum Gasteiger partial charge on any atom is 0.317 e. The molecule has 0 unspecified atom stereocenters. The summed E-state index contributed by atoms with van der Waals surface area (Å²) in [5.74, 6) is 0.212. The number of nitrogens with zero attached hydrogens (tertiary/aromatic N) is 1. The number of ether oxygens (including phenoxy) is 1. The standard InChI is InChI=1S/C17H26N2O3/c1-12(17(2,3)4)18-16(21)19-8-9-22-15(11-19)13-6-5-7-14(20)10-13/h5-7,10,12,15,20H,8-9,11H2,1-4H3,(H,18,21)/t12-,15+/m1/s1. The number of phenolic OH excluding ortho intramolecular Hbond substituents is 1. The summed E-state index contributed by atoms with van der Waals surface area (Å²) >= 11 is 0. The molecule has 1 saturated heterocycles. The second kappa shape index (κ2) is 6.57. The Morgan fingerprint density at radius 1 is 1.45 bits per heavy atom. The van der Waals surface area contributed by atoms with Gasteiger partial charge in [-0.1, -0.05) is 32.9 Å². The van der Waals surface area contributed by atoms with Gasteiger partial charge in [-0.15, -0.1) is 0 Å². The molecule has 0 saturated carbocycles. The van der Waals surface area contributed by atoms with Crippen LogP contribution in [0.4, 0.5) is 4.79 Å². The van der Waals surface area contributed by atoms with Crippen LogP contribution >= 0.6 is 0 Å². The van der Waals surface area contributed by atoms with Gasteiger partial charge in [0, 0.05) is 12.6 Å². The first-order chi connectivity index (χ1) is 10.3. The highest BCUT2D eigenvalue weighted by atomic mass is 16.5.